The molecule has 0 fully saturated rings. The maximum atomic E-state index is 2.52. The molecule has 0 saturated heterocycles. The maximum absolute atomic E-state index is 2.52. The molecule has 0 N–H and O–H groups in total. The van der Waals surface area contributed by atoms with Crippen molar-refractivity contribution in [2.24, 2.45) is 0 Å². The topological polar surface area (TPSA) is 0 Å². The lowest BCUT2D eigenvalue weighted by Crippen LogP contribution is -1.93. The van der Waals surface area contributed by atoms with Crippen LogP contribution in [-0.2, 0) is 0 Å². The zero-order chi connectivity index (χ0) is 9.31. The molecule has 0 aromatic heterocycles. The predicted octanol–water partition coefficient (Wildman–Crippen LogP) is 2.60. The van der Waals surface area contributed by atoms with E-state index in [1.165, 1.54) is 12.8 Å². The molecule has 0 heterocycles. The van der Waals surface area contributed by atoms with Crippen LogP contribution in [0.2, 0.25) is 0 Å². The fourth-order valence-electron chi connectivity index (χ4n) is 1.54. The fourth-order valence-corrected chi connectivity index (χ4v) is 3.25. The maximum Gasteiger partial charge on any atom is 0.137 e. The molecule has 0 atom stereocenters. The average Bonchev–Trinajstić information content (AvgIpc) is 2.78. The number of rotatable bonds is 2. The van der Waals surface area contributed by atoms with E-state index < -0.39 is 7.14 Å². The van der Waals surface area contributed by atoms with Crippen LogP contribution in [-0.4, -0.2) is 14.2 Å². The summed E-state index contributed by atoms with van der Waals surface area (Å²) in [5.74, 6) is 0. The Kier molecular flexibility index (Phi) is 2.30. The van der Waals surface area contributed by atoms with Crippen molar-refractivity contribution >= 4 is 14.7 Å². The molecule has 68 valence electrons. The van der Waals surface area contributed by atoms with Crippen molar-refractivity contribution in [1.82, 2.24) is 0 Å². The standard InChI is InChI=1S/C11H16BP/c1-13(12,10-6-2-3-7-10)11-8-4-5-9-11/h2,4,6-9H,3,5H2,1,12H3. The molecule has 0 nitrogen and oxygen atoms in total. The zero-order valence-electron chi connectivity index (χ0n) is 7.33. The van der Waals surface area contributed by atoms with Gasteiger partial charge in [0.2, 0.25) is 0 Å². The summed E-state index contributed by atoms with van der Waals surface area (Å²) in [5.41, 5.74) is 0. The molecule has 0 aromatic carbocycles. The van der Waals surface area contributed by atoms with E-state index in [2.05, 4.69) is 43.1 Å². The first-order chi connectivity index (χ1) is 6.21. The first-order valence-corrected chi connectivity index (χ1v) is 6.14. The summed E-state index contributed by atoms with van der Waals surface area (Å²) in [4.78, 5) is 0. The van der Waals surface area contributed by atoms with Crippen LogP contribution in [0.1, 0.15) is 12.8 Å². The summed E-state index contributed by atoms with van der Waals surface area (Å²) in [6, 6.07) is 0. The highest BCUT2D eigenvalue weighted by Crippen LogP contribution is 2.67. The molecular formula is C11H16BP. The second-order valence-corrected chi connectivity index (χ2v) is 5.24. The fraction of sp³-hybridized carbons (Fsp3) is 0.273. The van der Waals surface area contributed by atoms with E-state index in [9.17, 15) is 0 Å². The van der Waals surface area contributed by atoms with Crippen LogP contribution in [0.25, 0.3) is 0 Å². The Morgan fingerprint density at radius 3 is 1.85 bits per heavy atom. The molecule has 13 heavy (non-hydrogen) atoms. The van der Waals surface area contributed by atoms with Gasteiger partial charge in [0.1, 0.15) is 7.57 Å². The Balaban J connectivity index is 2.29. The van der Waals surface area contributed by atoms with Crippen molar-refractivity contribution in [3.05, 3.63) is 47.1 Å². The van der Waals surface area contributed by atoms with Crippen LogP contribution in [0.3, 0.4) is 0 Å². The molecule has 0 unspecified atom stereocenters. The van der Waals surface area contributed by atoms with Gasteiger partial charge in [-0.25, -0.2) is 0 Å². The Labute approximate surface area is 81.8 Å². The van der Waals surface area contributed by atoms with E-state index in [4.69, 9.17) is 0 Å². The lowest BCUT2D eigenvalue weighted by molar-refractivity contribution is 1.44. The third kappa shape index (κ3) is 1.58. The van der Waals surface area contributed by atoms with Crippen molar-refractivity contribution in [3.63, 3.8) is 0 Å². The van der Waals surface area contributed by atoms with E-state index in [0.29, 0.717) is 7.57 Å². The predicted molar refractivity (Wildman–Crippen MR) is 66.5 cm³/mol. The molecule has 2 rings (SSSR count). The normalized spacial score (nSPS) is 20.8. The van der Waals surface area contributed by atoms with E-state index in [1.807, 2.05) is 0 Å². The Bertz CT molecular complexity index is 300. The summed E-state index contributed by atoms with van der Waals surface area (Å²) in [6.45, 7) is 2.52. The molecule has 0 bridgehead atoms. The van der Waals surface area contributed by atoms with Crippen LogP contribution < -0.4 is 0 Å². The SMILES string of the molecule is [BH3-][P+](C)(C1=CCC=C1)C1=CCC=C1. The Morgan fingerprint density at radius 2 is 1.54 bits per heavy atom. The molecule has 0 spiro atoms. The summed E-state index contributed by atoms with van der Waals surface area (Å²) >= 11 is 0. The van der Waals surface area contributed by atoms with E-state index in [1.54, 1.807) is 10.6 Å². The van der Waals surface area contributed by atoms with Gasteiger partial charge in [-0.3, -0.25) is 0 Å². The van der Waals surface area contributed by atoms with Crippen molar-refractivity contribution in [2.45, 2.75) is 12.8 Å². The number of allylic oxidation sites excluding steroid dienone is 8. The van der Waals surface area contributed by atoms with Crippen molar-refractivity contribution in [1.29, 1.82) is 0 Å². The molecular weight excluding hydrogens is 174 g/mol. The van der Waals surface area contributed by atoms with Crippen LogP contribution in [0.5, 0.6) is 0 Å². The number of hydrogen-bond donors (Lipinski definition) is 0. The highest BCUT2D eigenvalue weighted by Gasteiger charge is 2.28. The van der Waals surface area contributed by atoms with Gasteiger partial charge in [0.25, 0.3) is 0 Å². The Hall–Kier alpha value is -0.545. The van der Waals surface area contributed by atoms with E-state index in [0.717, 1.165) is 0 Å². The molecule has 0 amide bonds. The number of hydrogen-bond acceptors (Lipinski definition) is 0. The van der Waals surface area contributed by atoms with Crippen LogP contribution >= 0.6 is 7.14 Å². The van der Waals surface area contributed by atoms with Crippen molar-refractivity contribution in [3.8, 4) is 0 Å². The molecule has 2 aliphatic rings. The molecule has 0 aliphatic heterocycles. The van der Waals surface area contributed by atoms with Gasteiger partial charge in [-0.15, -0.1) is 0 Å². The first kappa shape index (κ1) is 9.03. The highest BCUT2D eigenvalue weighted by molar-refractivity contribution is 8.03. The molecule has 0 aromatic rings. The summed E-state index contributed by atoms with van der Waals surface area (Å²) in [5, 5.41) is 3.37. The van der Waals surface area contributed by atoms with Gasteiger partial charge in [0, 0.05) is 6.66 Å². The van der Waals surface area contributed by atoms with Gasteiger partial charge in [-0.05, 0) is 37.1 Å². The minimum atomic E-state index is -0.739. The van der Waals surface area contributed by atoms with E-state index >= 15 is 0 Å². The van der Waals surface area contributed by atoms with Gasteiger partial charge in [0.05, 0.1) is 10.6 Å². The van der Waals surface area contributed by atoms with Gasteiger partial charge < -0.3 is 0 Å². The average molecular weight is 190 g/mol. The summed E-state index contributed by atoms with van der Waals surface area (Å²) in [6.07, 6.45) is 16.6. The van der Waals surface area contributed by atoms with Crippen LogP contribution in [0.4, 0.5) is 0 Å². The largest absolute Gasteiger partial charge is 0.137 e. The molecule has 0 radical (unpaired) electrons. The van der Waals surface area contributed by atoms with Crippen LogP contribution in [0, 0.1) is 0 Å². The minimum absolute atomic E-state index is 0.419. The van der Waals surface area contributed by atoms with E-state index in [-0.39, 0.29) is 0 Å². The quantitative estimate of drug-likeness (QED) is 0.463. The van der Waals surface area contributed by atoms with Crippen molar-refractivity contribution < 1.29 is 0 Å². The monoisotopic (exact) mass is 190 g/mol. The first-order valence-electron chi connectivity index (χ1n) is 4.35. The molecule has 2 aliphatic carbocycles. The van der Waals surface area contributed by atoms with Crippen LogP contribution in [0.15, 0.2) is 47.1 Å². The van der Waals surface area contributed by atoms with Gasteiger partial charge in [0.15, 0.2) is 0 Å². The second-order valence-electron chi connectivity index (χ2n) is 3.09. The summed E-state index contributed by atoms with van der Waals surface area (Å²) in [7, 11) is -0.320. The van der Waals surface area contributed by atoms with Gasteiger partial charge in [-0.1, -0.05) is 19.3 Å². The smallest absolute Gasteiger partial charge is 0.0965 e. The molecule has 2 heteroatoms. The molecule has 0 saturated carbocycles. The summed E-state index contributed by atoms with van der Waals surface area (Å²) < 4.78 is 0. The van der Waals surface area contributed by atoms with Gasteiger partial charge >= 0.3 is 0 Å². The minimum Gasteiger partial charge on any atom is -0.0965 e. The third-order valence-corrected chi connectivity index (χ3v) is 4.49. The third-order valence-electron chi connectivity index (χ3n) is 2.28. The lowest BCUT2D eigenvalue weighted by atomic mass is 10.5. The highest BCUT2D eigenvalue weighted by atomic mass is 31.2. The van der Waals surface area contributed by atoms with Gasteiger partial charge in [-0.2, -0.15) is 0 Å². The second kappa shape index (κ2) is 3.31. The van der Waals surface area contributed by atoms with Crippen molar-refractivity contribution in [2.75, 3.05) is 6.66 Å². The lowest BCUT2D eigenvalue weighted by Gasteiger charge is -2.25. The zero-order valence-corrected chi connectivity index (χ0v) is 8.22. The Morgan fingerprint density at radius 1 is 1.08 bits per heavy atom.